The molecule has 1 fully saturated rings. The van der Waals surface area contributed by atoms with Crippen LogP contribution in [0, 0.1) is 11.8 Å². The highest BCUT2D eigenvalue weighted by Crippen LogP contribution is 2.42. The molecule has 0 bridgehead atoms. The van der Waals surface area contributed by atoms with Gasteiger partial charge < -0.3 is 5.32 Å². The first-order valence-corrected chi connectivity index (χ1v) is 7.12. The number of nitrogens with one attached hydrogen (secondary N) is 3. The third kappa shape index (κ3) is 4.26. The molecule has 0 saturated heterocycles. The van der Waals surface area contributed by atoms with Gasteiger partial charge in [0.2, 0.25) is 5.91 Å². The lowest BCUT2D eigenvalue weighted by Crippen LogP contribution is -2.44. The Morgan fingerprint density at radius 2 is 1.95 bits per heavy atom. The summed E-state index contributed by atoms with van der Waals surface area (Å²) in [5.41, 5.74) is 5.54. The van der Waals surface area contributed by atoms with E-state index in [-0.39, 0.29) is 11.8 Å². The Morgan fingerprint density at radius 1 is 1.20 bits per heavy atom. The number of hydrogen-bond acceptors (Lipinski definition) is 2. The summed E-state index contributed by atoms with van der Waals surface area (Å²) in [6, 6.07) is 8.66. The zero-order valence-corrected chi connectivity index (χ0v) is 11.7. The molecule has 3 amide bonds. The number of anilines is 1. The molecule has 1 aromatic carbocycles. The Balaban J connectivity index is 1.65. The zero-order chi connectivity index (χ0) is 14.4. The van der Waals surface area contributed by atoms with Gasteiger partial charge in [-0.3, -0.25) is 10.2 Å². The maximum atomic E-state index is 11.8. The number of urea groups is 1. The largest absolute Gasteiger partial charge is 0.337 e. The summed E-state index contributed by atoms with van der Waals surface area (Å²) >= 11 is 0. The van der Waals surface area contributed by atoms with Crippen LogP contribution in [-0.4, -0.2) is 11.9 Å². The summed E-state index contributed by atoms with van der Waals surface area (Å²) in [5, 5.41) is 2.64. The minimum absolute atomic E-state index is 0.0681. The van der Waals surface area contributed by atoms with E-state index < -0.39 is 6.03 Å². The fourth-order valence-corrected chi connectivity index (χ4v) is 2.25. The molecule has 1 aliphatic carbocycles. The molecule has 1 aromatic rings. The molecule has 5 heteroatoms. The van der Waals surface area contributed by atoms with E-state index in [2.05, 4.69) is 23.1 Å². The Labute approximate surface area is 119 Å². The van der Waals surface area contributed by atoms with Gasteiger partial charge in [0.1, 0.15) is 0 Å². The highest BCUT2D eigenvalue weighted by Gasteiger charge is 2.42. The Hall–Kier alpha value is -2.04. The molecule has 0 aliphatic heterocycles. The van der Waals surface area contributed by atoms with Crippen molar-refractivity contribution in [1.29, 1.82) is 0 Å². The molecule has 2 atom stereocenters. The Bertz CT molecular complexity index is 461. The molecule has 3 N–H and O–H groups in total. The second kappa shape index (κ2) is 6.93. The van der Waals surface area contributed by atoms with Crippen LogP contribution in [0.4, 0.5) is 10.5 Å². The van der Waals surface area contributed by atoms with E-state index in [9.17, 15) is 9.59 Å². The van der Waals surface area contributed by atoms with Crippen molar-refractivity contribution in [1.82, 2.24) is 10.9 Å². The van der Waals surface area contributed by atoms with Crippen LogP contribution in [0.2, 0.25) is 0 Å². The number of carbonyl (C=O) groups is 2. The van der Waals surface area contributed by atoms with Crippen LogP contribution in [0.15, 0.2) is 30.3 Å². The predicted octanol–water partition coefficient (Wildman–Crippen LogP) is 2.67. The summed E-state index contributed by atoms with van der Waals surface area (Å²) in [5.74, 6) is 0.474. The number of hydrazine groups is 1. The first-order valence-electron chi connectivity index (χ1n) is 7.12. The van der Waals surface area contributed by atoms with Crippen LogP contribution >= 0.6 is 0 Å². The van der Waals surface area contributed by atoms with Gasteiger partial charge in [-0.05, 0) is 30.9 Å². The molecule has 0 radical (unpaired) electrons. The van der Waals surface area contributed by atoms with Gasteiger partial charge in [0, 0.05) is 11.6 Å². The lowest BCUT2D eigenvalue weighted by Gasteiger charge is -2.08. The van der Waals surface area contributed by atoms with Crippen LogP contribution in [0.1, 0.15) is 32.6 Å². The zero-order valence-electron chi connectivity index (χ0n) is 11.7. The smallest absolute Gasteiger partial charge is 0.307 e. The van der Waals surface area contributed by atoms with Gasteiger partial charge in [-0.25, -0.2) is 10.2 Å². The second-order valence-corrected chi connectivity index (χ2v) is 5.18. The number of amides is 3. The second-order valence-electron chi connectivity index (χ2n) is 5.18. The summed E-state index contributed by atoms with van der Waals surface area (Å²) < 4.78 is 0. The topological polar surface area (TPSA) is 70.2 Å². The van der Waals surface area contributed by atoms with E-state index in [1.165, 1.54) is 0 Å². The van der Waals surface area contributed by atoms with Crippen LogP contribution in [0.5, 0.6) is 0 Å². The molecular weight excluding hydrogens is 254 g/mol. The van der Waals surface area contributed by atoms with E-state index in [4.69, 9.17) is 0 Å². The van der Waals surface area contributed by atoms with Crippen molar-refractivity contribution in [2.24, 2.45) is 11.8 Å². The average Bonchev–Trinajstić information content (AvgIpc) is 3.23. The van der Waals surface area contributed by atoms with E-state index in [1.807, 2.05) is 18.2 Å². The Kier molecular flexibility index (Phi) is 4.98. The van der Waals surface area contributed by atoms with E-state index in [0.29, 0.717) is 11.6 Å². The molecule has 0 heterocycles. The van der Waals surface area contributed by atoms with Crippen molar-refractivity contribution < 1.29 is 9.59 Å². The molecule has 0 aromatic heterocycles. The van der Waals surface area contributed by atoms with Gasteiger partial charge in [0.15, 0.2) is 0 Å². The third-order valence-corrected chi connectivity index (χ3v) is 3.52. The minimum atomic E-state index is -0.435. The van der Waals surface area contributed by atoms with Gasteiger partial charge in [-0.15, -0.1) is 0 Å². The number of unbranched alkanes of at least 4 members (excludes halogenated alkanes) is 1. The number of carbonyl (C=O) groups excluding carboxylic acids is 2. The third-order valence-electron chi connectivity index (χ3n) is 3.52. The monoisotopic (exact) mass is 275 g/mol. The van der Waals surface area contributed by atoms with Crippen molar-refractivity contribution in [2.75, 3.05) is 5.32 Å². The number of benzene rings is 1. The SMILES string of the molecule is CCCC[C@@H]1C[C@H]1C(=O)NNC(=O)Nc1ccccc1. The molecule has 0 unspecified atom stereocenters. The fourth-order valence-electron chi connectivity index (χ4n) is 2.25. The van der Waals surface area contributed by atoms with Crippen molar-refractivity contribution in [3.05, 3.63) is 30.3 Å². The van der Waals surface area contributed by atoms with Crippen molar-refractivity contribution in [2.45, 2.75) is 32.6 Å². The van der Waals surface area contributed by atoms with Gasteiger partial charge in [0.05, 0.1) is 0 Å². The molecule has 2 rings (SSSR count). The lowest BCUT2D eigenvalue weighted by atomic mass is 10.1. The molecule has 108 valence electrons. The lowest BCUT2D eigenvalue weighted by molar-refractivity contribution is -0.123. The molecule has 1 saturated carbocycles. The van der Waals surface area contributed by atoms with Crippen LogP contribution in [0.25, 0.3) is 0 Å². The van der Waals surface area contributed by atoms with E-state index in [0.717, 1.165) is 25.7 Å². The number of para-hydroxylation sites is 1. The summed E-state index contributed by atoms with van der Waals surface area (Å²) in [6.07, 6.45) is 4.36. The quantitative estimate of drug-likeness (QED) is 0.723. The maximum Gasteiger partial charge on any atom is 0.337 e. The van der Waals surface area contributed by atoms with Crippen molar-refractivity contribution in [3.8, 4) is 0 Å². The van der Waals surface area contributed by atoms with E-state index in [1.54, 1.807) is 12.1 Å². The summed E-state index contributed by atoms with van der Waals surface area (Å²) in [6.45, 7) is 2.15. The van der Waals surface area contributed by atoms with Crippen molar-refractivity contribution >= 4 is 17.6 Å². The first kappa shape index (κ1) is 14.4. The highest BCUT2D eigenvalue weighted by molar-refractivity contribution is 5.91. The normalized spacial score (nSPS) is 20.1. The highest BCUT2D eigenvalue weighted by atomic mass is 16.2. The van der Waals surface area contributed by atoms with Gasteiger partial charge in [-0.1, -0.05) is 38.0 Å². The average molecular weight is 275 g/mol. The standard InChI is InChI=1S/C15H21N3O2/c1-2-3-7-11-10-13(11)14(19)17-18-15(20)16-12-8-5-4-6-9-12/h4-6,8-9,11,13H,2-3,7,10H2,1H3,(H,17,19)(H2,16,18,20)/t11-,13-/m1/s1. The van der Waals surface area contributed by atoms with Crippen LogP contribution in [-0.2, 0) is 4.79 Å². The molecular formula is C15H21N3O2. The molecule has 1 aliphatic rings. The maximum absolute atomic E-state index is 11.8. The van der Waals surface area contributed by atoms with Gasteiger partial charge in [0.25, 0.3) is 0 Å². The van der Waals surface area contributed by atoms with E-state index >= 15 is 0 Å². The fraction of sp³-hybridized carbons (Fsp3) is 0.467. The van der Waals surface area contributed by atoms with Gasteiger partial charge in [-0.2, -0.15) is 0 Å². The predicted molar refractivity (Wildman–Crippen MR) is 77.9 cm³/mol. The summed E-state index contributed by atoms with van der Waals surface area (Å²) in [4.78, 5) is 23.4. The van der Waals surface area contributed by atoms with Crippen molar-refractivity contribution in [3.63, 3.8) is 0 Å². The molecule has 20 heavy (non-hydrogen) atoms. The summed E-state index contributed by atoms with van der Waals surface area (Å²) in [7, 11) is 0. The number of hydrogen-bond donors (Lipinski definition) is 3. The molecule has 5 nitrogen and oxygen atoms in total. The Morgan fingerprint density at radius 3 is 2.65 bits per heavy atom. The van der Waals surface area contributed by atoms with Crippen LogP contribution < -0.4 is 16.2 Å². The number of rotatable bonds is 5. The first-order chi connectivity index (χ1) is 9.70. The van der Waals surface area contributed by atoms with Gasteiger partial charge >= 0.3 is 6.03 Å². The van der Waals surface area contributed by atoms with Crippen LogP contribution in [0.3, 0.4) is 0 Å². The molecule has 0 spiro atoms. The minimum Gasteiger partial charge on any atom is -0.307 e.